The first-order chi connectivity index (χ1) is 12.8. The molecule has 2 nitrogen and oxygen atoms in total. The van der Waals surface area contributed by atoms with E-state index < -0.39 is 0 Å². The molecule has 1 aromatic carbocycles. The zero-order valence-electron chi connectivity index (χ0n) is 17.1. The highest BCUT2D eigenvalue weighted by molar-refractivity contribution is 5.37. The summed E-state index contributed by atoms with van der Waals surface area (Å²) in [6, 6.07) is 6.45. The molecule has 0 amide bonds. The Morgan fingerprint density at radius 1 is 0.846 bits per heavy atom. The van der Waals surface area contributed by atoms with Crippen molar-refractivity contribution in [3.05, 3.63) is 29.3 Å². The van der Waals surface area contributed by atoms with E-state index in [0.717, 1.165) is 19.4 Å². The number of hydrogen-bond donors (Lipinski definition) is 2. The zero-order chi connectivity index (χ0) is 18.5. The molecule has 1 aliphatic rings. The van der Waals surface area contributed by atoms with Crippen LogP contribution in [0.15, 0.2) is 18.2 Å². The van der Waals surface area contributed by atoms with Crippen molar-refractivity contribution in [2.75, 3.05) is 6.54 Å². The Hall–Kier alpha value is -1.02. The Balaban J connectivity index is 1.40. The molecule has 0 saturated heterocycles. The third-order valence-corrected chi connectivity index (χ3v) is 5.88. The van der Waals surface area contributed by atoms with Crippen LogP contribution in [-0.2, 0) is 12.8 Å². The molecule has 26 heavy (non-hydrogen) atoms. The molecule has 1 unspecified atom stereocenters. The molecule has 1 aliphatic carbocycles. The molecule has 2 N–H and O–H groups in total. The third-order valence-electron chi connectivity index (χ3n) is 5.88. The number of phenolic OH excluding ortho intramolecular Hbond substituents is 1. The van der Waals surface area contributed by atoms with Crippen LogP contribution in [0.1, 0.15) is 102 Å². The van der Waals surface area contributed by atoms with Gasteiger partial charge in [0, 0.05) is 6.04 Å². The van der Waals surface area contributed by atoms with Gasteiger partial charge >= 0.3 is 0 Å². The number of unbranched alkanes of at least 4 members (excludes halogenated alkanes) is 11. The molecule has 2 rings (SSSR count). The van der Waals surface area contributed by atoms with E-state index in [2.05, 4.69) is 18.3 Å². The molecule has 0 spiro atoms. The second kappa shape index (κ2) is 13.2. The lowest BCUT2D eigenvalue weighted by molar-refractivity contribution is 0.440. The second-order valence-electron chi connectivity index (χ2n) is 8.24. The van der Waals surface area contributed by atoms with Gasteiger partial charge in [0.25, 0.3) is 0 Å². The van der Waals surface area contributed by atoms with Gasteiger partial charge < -0.3 is 10.4 Å². The second-order valence-corrected chi connectivity index (χ2v) is 8.24. The van der Waals surface area contributed by atoms with Crippen LogP contribution in [0.2, 0.25) is 0 Å². The maximum absolute atomic E-state index is 9.65. The molecule has 0 aromatic heterocycles. The lowest BCUT2D eigenvalue weighted by Gasteiger charge is -2.25. The molecule has 148 valence electrons. The Labute approximate surface area is 161 Å². The van der Waals surface area contributed by atoms with E-state index in [-0.39, 0.29) is 0 Å². The van der Waals surface area contributed by atoms with Gasteiger partial charge in [-0.15, -0.1) is 0 Å². The summed E-state index contributed by atoms with van der Waals surface area (Å²) in [5, 5.41) is 13.4. The van der Waals surface area contributed by atoms with Gasteiger partial charge in [0.05, 0.1) is 0 Å². The molecule has 0 radical (unpaired) electrons. The minimum Gasteiger partial charge on any atom is -0.508 e. The Kier molecular flexibility index (Phi) is 10.8. The molecular weight excluding hydrogens is 318 g/mol. The molecule has 0 bridgehead atoms. The SMILES string of the molecule is CCCCCCCCCCCCCCNC1CCc2ccc(O)cc2C1. The van der Waals surface area contributed by atoms with Crippen molar-refractivity contribution in [2.45, 2.75) is 109 Å². The molecule has 2 heteroatoms. The van der Waals surface area contributed by atoms with Gasteiger partial charge in [-0.2, -0.15) is 0 Å². The number of aromatic hydroxyl groups is 1. The van der Waals surface area contributed by atoms with E-state index in [1.165, 1.54) is 94.6 Å². The van der Waals surface area contributed by atoms with Crippen LogP contribution in [0.3, 0.4) is 0 Å². The van der Waals surface area contributed by atoms with Gasteiger partial charge in [-0.1, -0.05) is 83.6 Å². The number of benzene rings is 1. The molecule has 0 heterocycles. The number of aryl methyl sites for hydroxylation is 1. The summed E-state index contributed by atoms with van der Waals surface area (Å²) in [6.07, 6.45) is 20.4. The van der Waals surface area contributed by atoms with Crippen LogP contribution in [0.4, 0.5) is 0 Å². The summed E-state index contributed by atoms with van der Waals surface area (Å²) < 4.78 is 0. The highest BCUT2D eigenvalue weighted by atomic mass is 16.3. The van der Waals surface area contributed by atoms with Crippen molar-refractivity contribution in [3.63, 3.8) is 0 Å². The summed E-state index contributed by atoms with van der Waals surface area (Å²) in [5.41, 5.74) is 2.76. The largest absolute Gasteiger partial charge is 0.508 e. The zero-order valence-corrected chi connectivity index (χ0v) is 17.1. The van der Waals surface area contributed by atoms with Crippen molar-refractivity contribution < 1.29 is 5.11 Å². The molecule has 1 atom stereocenters. The Morgan fingerprint density at radius 2 is 1.46 bits per heavy atom. The van der Waals surface area contributed by atoms with Crippen LogP contribution in [0.5, 0.6) is 5.75 Å². The average molecular weight is 360 g/mol. The van der Waals surface area contributed by atoms with E-state index in [0.29, 0.717) is 11.8 Å². The molecule has 0 saturated carbocycles. The van der Waals surface area contributed by atoms with E-state index in [4.69, 9.17) is 0 Å². The average Bonchev–Trinajstić information content (AvgIpc) is 2.65. The Morgan fingerprint density at radius 3 is 2.12 bits per heavy atom. The summed E-state index contributed by atoms with van der Waals surface area (Å²) in [5.74, 6) is 0.408. The van der Waals surface area contributed by atoms with E-state index in [1.807, 2.05) is 12.1 Å². The fourth-order valence-electron chi connectivity index (χ4n) is 4.19. The number of rotatable bonds is 14. The number of fused-ring (bicyclic) bond motifs is 1. The third kappa shape index (κ3) is 8.58. The lowest BCUT2D eigenvalue weighted by atomic mass is 9.88. The quantitative estimate of drug-likeness (QED) is 0.370. The normalized spacial score (nSPS) is 16.6. The predicted molar refractivity (Wildman–Crippen MR) is 113 cm³/mol. The fraction of sp³-hybridized carbons (Fsp3) is 0.750. The van der Waals surface area contributed by atoms with Crippen molar-refractivity contribution in [1.82, 2.24) is 5.32 Å². The predicted octanol–water partition coefficient (Wildman–Crippen LogP) is 6.54. The fourth-order valence-corrected chi connectivity index (χ4v) is 4.19. The van der Waals surface area contributed by atoms with Crippen molar-refractivity contribution in [1.29, 1.82) is 0 Å². The van der Waals surface area contributed by atoms with Gasteiger partial charge in [-0.05, 0) is 55.5 Å². The van der Waals surface area contributed by atoms with Crippen molar-refractivity contribution >= 4 is 0 Å². The maximum Gasteiger partial charge on any atom is 0.115 e. The molecule has 0 aliphatic heterocycles. The van der Waals surface area contributed by atoms with Crippen LogP contribution in [-0.4, -0.2) is 17.7 Å². The summed E-state index contributed by atoms with van der Waals surface area (Å²) in [7, 11) is 0. The number of phenols is 1. The summed E-state index contributed by atoms with van der Waals surface area (Å²) >= 11 is 0. The van der Waals surface area contributed by atoms with Gasteiger partial charge in [-0.3, -0.25) is 0 Å². The number of nitrogens with one attached hydrogen (secondary N) is 1. The number of hydrogen-bond acceptors (Lipinski definition) is 2. The molecule has 0 fully saturated rings. The lowest BCUT2D eigenvalue weighted by Crippen LogP contribution is -2.35. The topological polar surface area (TPSA) is 32.3 Å². The minimum absolute atomic E-state index is 0.408. The van der Waals surface area contributed by atoms with E-state index in [9.17, 15) is 5.11 Å². The standard InChI is InChI=1S/C24H41NO/c1-2-3-4-5-6-7-8-9-10-11-12-13-18-25-23-16-14-21-15-17-24(26)20-22(21)19-23/h15,17,20,23,25-26H,2-14,16,18-19H2,1H3. The van der Waals surface area contributed by atoms with Gasteiger partial charge in [0.15, 0.2) is 0 Å². The van der Waals surface area contributed by atoms with Gasteiger partial charge in [-0.25, -0.2) is 0 Å². The summed E-state index contributed by atoms with van der Waals surface area (Å²) in [4.78, 5) is 0. The minimum atomic E-state index is 0.408. The van der Waals surface area contributed by atoms with Crippen LogP contribution in [0, 0.1) is 0 Å². The first-order valence-electron chi connectivity index (χ1n) is 11.3. The first-order valence-corrected chi connectivity index (χ1v) is 11.3. The highest BCUT2D eigenvalue weighted by Crippen LogP contribution is 2.25. The monoisotopic (exact) mass is 359 g/mol. The van der Waals surface area contributed by atoms with Gasteiger partial charge in [0.2, 0.25) is 0 Å². The molecule has 1 aromatic rings. The van der Waals surface area contributed by atoms with Crippen LogP contribution in [0.25, 0.3) is 0 Å². The maximum atomic E-state index is 9.65. The smallest absolute Gasteiger partial charge is 0.115 e. The molecular formula is C24H41NO. The van der Waals surface area contributed by atoms with E-state index >= 15 is 0 Å². The van der Waals surface area contributed by atoms with Crippen molar-refractivity contribution in [3.8, 4) is 5.75 Å². The van der Waals surface area contributed by atoms with Gasteiger partial charge in [0.1, 0.15) is 5.75 Å². The van der Waals surface area contributed by atoms with Crippen LogP contribution >= 0.6 is 0 Å². The van der Waals surface area contributed by atoms with Crippen molar-refractivity contribution in [2.24, 2.45) is 0 Å². The van der Waals surface area contributed by atoms with Crippen LogP contribution < -0.4 is 5.32 Å². The first kappa shape index (κ1) is 21.3. The Bertz CT molecular complexity index is 485. The summed E-state index contributed by atoms with van der Waals surface area (Å²) in [6.45, 7) is 3.44. The van der Waals surface area contributed by atoms with E-state index in [1.54, 1.807) is 0 Å². The highest BCUT2D eigenvalue weighted by Gasteiger charge is 2.18.